The van der Waals surface area contributed by atoms with Gasteiger partial charge in [0.1, 0.15) is 0 Å². The van der Waals surface area contributed by atoms with Crippen molar-refractivity contribution in [1.82, 2.24) is 9.78 Å². The summed E-state index contributed by atoms with van der Waals surface area (Å²) < 4.78 is 1.48. The topological polar surface area (TPSA) is 55.2 Å². The number of amides is 1. The minimum atomic E-state index is -0.139. The second-order valence-corrected chi connectivity index (χ2v) is 8.39. The first-order valence-electron chi connectivity index (χ1n) is 10.2. The molecule has 2 heterocycles. The molecule has 1 amide bonds. The van der Waals surface area contributed by atoms with E-state index in [4.69, 9.17) is 0 Å². The Balaban J connectivity index is 1.81. The number of fused-ring (bicyclic) bond motifs is 2. The third-order valence-corrected chi connectivity index (χ3v) is 6.38. The lowest BCUT2D eigenvalue weighted by atomic mass is 10.1. The summed E-state index contributed by atoms with van der Waals surface area (Å²) in [6.07, 6.45) is 3.88. The molecule has 1 aromatic heterocycles. The first-order chi connectivity index (χ1) is 14.2. The van der Waals surface area contributed by atoms with Crippen molar-refractivity contribution in [1.29, 1.82) is 0 Å². The van der Waals surface area contributed by atoms with Gasteiger partial charge in [-0.15, -0.1) is 11.8 Å². The first-order valence-corrected chi connectivity index (χ1v) is 11.2. The lowest BCUT2D eigenvalue weighted by Gasteiger charge is -2.23. The van der Waals surface area contributed by atoms with Crippen LogP contribution in [-0.2, 0) is 6.54 Å². The Morgan fingerprint density at radius 1 is 1.07 bits per heavy atom. The molecule has 29 heavy (non-hydrogen) atoms. The summed E-state index contributed by atoms with van der Waals surface area (Å²) in [7, 11) is 0. The molecular formula is C23H25N3O2S. The van der Waals surface area contributed by atoms with Crippen molar-refractivity contribution >= 4 is 34.1 Å². The third-order valence-electron chi connectivity index (χ3n) is 5.23. The number of carbonyl (C=O) groups excluding carboxylic acids is 1. The summed E-state index contributed by atoms with van der Waals surface area (Å²) in [6.45, 7) is 3.30. The maximum atomic E-state index is 13.7. The normalized spacial score (nSPS) is 13.9. The molecule has 3 aromatic rings. The molecule has 2 aromatic carbocycles. The zero-order chi connectivity index (χ0) is 20.2. The van der Waals surface area contributed by atoms with Crippen LogP contribution in [0.3, 0.4) is 0 Å². The highest BCUT2D eigenvalue weighted by molar-refractivity contribution is 7.99. The lowest BCUT2D eigenvalue weighted by Crippen LogP contribution is -2.35. The molecule has 0 N–H and O–H groups in total. The maximum Gasteiger partial charge on any atom is 0.279 e. The number of unbranched alkanes of at least 4 members (excludes halogenated alkanes) is 2. The van der Waals surface area contributed by atoms with E-state index in [9.17, 15) is 9.59 Å². The monoisotopic (exact) mass is 407 g/mol. The third kappa shape index (κ3) is 3.94. The van der Waals surface area contributed by atoms with Crippen LogP contribution in [0.2, 0.25) is 0 Å². The number of thioether (sulfide) groups is 1. The van der Waals surface area contributed by atoms with Gasteiger partial charge >= 0.3 is 0 Å². The van der Waals surface area contributed by atoms with E-state index < -0.39 is 0 Å². The number of hydrogen-bond acceptors (Lipinski definition) is 4. The number of hydrogen-bond donors (Lipinski definition) is 0. The molecule has 0 spiro atoms. The van der Waals surface area contributed by atoms with Gasteiger partial charge in [0.15, 0.2) is 5.69 Å². The fourth-order valence-corrected chi connectivity index (χ4v) is 4.72. The number of rotatable bonds is 5. The second-order valence-electron chi connectivity index (χ2n) is 7.26. The summed E-state index contributed by atoms with van der Waals surface area (Å²) in [5.41, 5.74) is 1.16. The number of carbonyl (C=O) groups is 1. The molecule has 1 aliphatic heterocycles. The molecule has 4 rings (SSSR count). The van der Waals surface area contributed by atoms with E-state index in [1.165, 1.54) is 4.68 Å². The summed E-state index contributed by atoms with van der Waals surface area (Å²) in [5, 5.41) is 5.74. The highest BCUT2D eigenvalue weighted by Crippen LogP contribution is 2.34. The van der Waals surface area contributed by atoms with Crippen molar-refractivity contribution in [3.05, 3.63) is 64.6 Å². The summed E-state index contributed by atoms with van der Waals surface area (Å²) in [6, 6.07) is 15.3. The van der Waals surface area contributed by atoms with Crippen LogP contribution < -0.4 is 10.5 Å². The SMILES string of the molecule is CCCCCn1nc(C(=O)N2CCCSc3ccccc32)c2ccccc2c1=O. The van der Waals surface area contributed by atoms with Crippen molar-refractivity contribution in [3.63, 3.8) is 0 Å². The van der Waals surface area contributed by atoms with Crippen LogP contribution in [-0.4, -0.2) is 28.0 Å². The van der Waals surface area contributed by atoms with E-state index in [2.05, 4.69) is 18.1 Å². The Bertz CT molecular complexity index is 1090. The molecular weight excluding hydrogens is 382 g/mol. The second kappa shape index (κ2) is 8.82. The quantitative estimate of drug-likeness (QED) is 0.574. The zero-order valence-electron chi connectivity index (χ0n) is 16.6. The number of nitrogens with zero attached hydrogens (tertiary/aromatic N) is 3. The van der Waals surface area contributed by atoms with Gasteiger partial charge in [0.05, 0.1) is 11.1 Å². The fraction of sp³-hybridized carbons (Fsp3) is 0.348. The average Bonchev–Trinajstić information content (AvgIpc) is 2.98. The van der Waals surface area contributed by atoms with Gasteiger partial charge in [0.25, 0.3) is 11.5 Å². The Morgan fingerprint density at radius 3 is 2.66 bits per heavy atom. The predicted molar refractivity (Wildman–Crippen MR) is 119 cm³/mol. The summed E-state index contributed by atoms with van der Waals surface area (Å²) in [5.74, 6) is 0.839. The first kappa shape index (κ1) is 19.7. The molecule has 0 bridgehead atoms. The van der Waals surface area contributed by atoms with Gasteiger partial charge in [-0.25, -0.2) is 4.68 Å². The Morgan fingerprint density at radius 2 is 1.83 bits per heavy atom. The van der Waals surface area contributed by atoms with Gasteiger partial charge in [-0.3, -0.25) is 9.59 Å². The number of anilines is 1. The average molecular weight is 408 g/mol. The van der Waals surface area contributed by atoms with Crippen molar-refractivity contribution in [2.45, 2.75) is 44.0 Å². The van der Waals surface area contributed by atoms with Crippen LogP contribution in [0.25, 0.3) is 10.8 Å². The fourth-order valence-electron chi connectivity index (χ4n) is 3.72. The van der Waals surface area contributed by atoms with Crippen LogP contribution in [0.1, 0.15) is 43.1 Å². The smallest absolute Gasteiger partial charge is 0.279 e. The molecule has 0 aliphatic carbocycles. The van der Waals surface area contributed by atoms with Gasteiger partial charge in [-0.1, -0.05) is 50.1 Å². The molecule has 0 saturated heterocycles. The van der Waals surface area contributed by atoms with E-state index in [-0.39, 0.29) is 11.5 Å². The Labute approximate surface area is 174 Å². The minimum absolute atomic E-state index is 0.125. The predicted octanol–water partition coefficient (Wildman–Crippen LogP) is 4.73. The summed E-state index contributed by atoms with van der Waals surface area (Å²) in [4.78, 5) is 29.5. The van der Waals surface area contributed by atoms with Gasteiger partial charge < -0.3 is 4.90 Å². The number of para-hydroxylation sites is 1. The molecule has 150 valence electrons. The molecule has 0 fully saturated rings. The van der Waals surface area contributed by atoms with Gasteiger partial charge in [-0.05, 0) is 36.8 Å². The highest BCUT2D eigenvalue weighted by Gasteiger charge is 2.26. The number of benzene rings is 2. The molecule has 0 saturated carbocycles. The van der Waals surface area contributed by atoms with Crippen LogP contribution in [0.15, 0.2) is 58.2 Å². The van der Waals surface area contributed by atoms with Crippen LogP contribution >= 0.6 is 11.8 Å². The van der Waals surface area contributed by atoms with Crippen molar-refractivity contribution in [3.8, 4) is 0 Å². The van der Waals surface area contributed by atoms with E-state index in [0.717, 1.165) is 42.0 Å². The van der Waals surface area contributed by atoms with Crippen LogP contribution in [0.4, 0.5) is 5.69 Å². The molecule has 0 atom stereocenters. The maximum absolute atomic E-state index is 13.7. The van der Waals surface area contributed by atoms with E-state index in [0.29, 0.717) is 29.6 Å². The zero-order valence-corrected chi connectivity index (χ0v) is 17.5. The largest absolute Gasteiger partial charge is 0.306 e. The number of aryl methyl sites for hydroxylation is 1. The van der Waals surface area contributed by atoms with E-state index in [1.807, 2.05) is 41.3 Å². The summed E-state index contributed by atoms with van der Waals surface area (Å²) >= 11 is 1.78. The van der Waals surface area contributed by atoms with Gasteiger partial charge in [0, 0.05) is 23.4 Å². The van der Waals surface area contributed by atoms with E-state index >= 15 is 0 Å². The number of aromatic nitrogens is 2. The standard InChI is InChI=1S/C23H25N3O2S/c1-2-3-8-15-26-22(27)18-11-5-4-10-17(18)21(24-26)23(28)25-14-9-16-29-20-13-7-6-12-19(20)25/h4-7,10-13H,2-3,8-9,14-16H2,1H3. The van der Waals surface area contributed by atoms with Crippen molar-refractivity contribution < 1.29 is 4.79 Å². The minimum Gasteiger partial charge on any atom is -0.306 e. The molecule has 0 radical (unpaired) electrons. The molecule has 6 heteroatoms. The lowest BCUT2D eigenvalue weighted by molar-refractivity contribution is 0.0981. The highest BCUT2D eigenvalue weighted by atomic mass is 32.2. The Kier molecular flexibility index (Phi) is 6.00. The van der Waals surface area contributed by atoms with Gasteiger partial charge in [-0.2, -0.15) is 5.10 Å². The molecule has 1 aliphatic rings. The van der Waals surface area contributed by atoms with E-state index in [1.54, 1.807) is 17.8 Å². The van der Waals surface area contributed by atoms with Crippen LogP contribution in [0.5, 0.6) is 0 Å². The van der Waals surface area contributed by atoms with Crippen LogP contribution in [0, 0.1) is 0 Å². The van der Waals surface area contributed by atoms with Gasteiger partial charge in [0.2, 0.25) is 0 Å². The van der Waals surface area contributed by atoms with Crippen molar-refractivity contribution in [2.75, 3.05) is 17.2 Å². The molecule has 5 nitrogen and oxygen atoms in total. The van der Waals surface area contributed by atoms with Crippen molar-refractivity contribution in [2.24, 2.45) is 0 Å². The Hall–Kier alpha value is -2.60. The molecule has 0 unspecified atom stereocenters.